The Morgan fingerprint density at radius 3 is 2.59 bits per heavy atom. The largest absolute Gasteiger partial charge is 0.416 e. The molecule has 7 nitrogen and oxygen atoms in total. The van der Waals surface area contributed by atoms with Crippen LogP contribution in [0.1, 0.15) is 41.5 Å². The number of likely N-dealkylation sites (tertiary alicyclic amines) is 1. The highest BCUT2D eigenvalue weighted by molar-refractivity contribution is 7.89. The predicted molar refractivity (Wildman–Crippen MR) is 96.3 cm³/mol. The first-order valence-electron chi connectivity index (χ1n) is 8.89. The average Bonchev–Trinajstić information content (AvgIpc) is 3.19. The zero-order valence-electron chi connectivity index (χ0n) is 15.8. The third-order valence-electron chi connectivity index (χ3n) is 4.72. The van der Waals surface area contributed by atoms with Crippen LogP contribution in [0.5, 0.6) is 0 Å². The number of nitrogens with zero attached hydrogens (tertiary/aromatic N) is 2. The highest BCUT2D eigenvalue weighted by Crippen LogP contribution is 2.32. The van der Waals surface area contributed by atoms with Crippen molar-refractivity contribution in [2.75, 3.05) is 13.1 Å². The number of hydrogen-bond donors (Lipinski definition) is 1. The quantitative estimate of drug-likeness (QED) is 0.759. The molecule has 29 heavy (non-hydrogen) atoms. The van der Waals surface area contributed by atoms with E-state index in [0.717, 1.165) is 12.1 Å². The molecule has 1 unspecified atom stereocenters. The highest BCUT2D eigenvalue weighted by atomic mass is 32.2. The molecule has 0 spiro atoms. The summed E-state index contributed by atoms with van der Waals surface area (Å²) in [6, 6.07) is 3.33. The smallest absolute Gasteiger partial charge is 0.360 e. The molecular formula is C18H20F3N3O4S. The summed E-state index contributed by atoms with van der Waals surface area (Å²) in [6.45, 7) is 3.22. The van der Waals surface area contributed by atoms with Gasteiger partial charge in [-0.1, -0.05) is 17.3 Å². The number of nitrogens with one attached hydrogen (secondary N) is 1. The first-order chi connectivity index (χ1) is 13.5. The summed E-state index contributed by atoms with van der Waals surface area (Å²) in [5, 5.41) is 3.62. The van der Waals surface area contributed by atoms with Gasteiger partial charge in [0, 0.05) is 19.5 Å². The molecular weight excluding hydrogens is 411 g/mol. The van der Waals surface area contributed by atoms with Crippen LogP contribution in [-0.2, 0) is 21.0 Å². The number of rotatable bonds is 6. The summed E-state index contributed by atoms with van der Waals surface area (Å²) in [5.74, 6) is -0.103. The molecule has 0 radical (unpaired) electrons. The number of hydrogen-bond acceptors (Lipinski definition) is 5. The third kappa shape index (κ3) is 4.61. The number of amides is 1. The number of carbonyl (C=O) groups excluding carboxylic acids is 1. The van der Waals surface area contributed by atoms with Gasteiger partial charge in [-0.05, 0) is 38.0 Å². The molecule has 158 valence electrons. The van der Waals surface area contributed by atoms with Gasteiger partial charge in [-0.25, -0.2) is 13.1 Å². The Morgan fingerprint density at radius 2 is 2.03 bits per heavy atom. The fourth-order valence-electron chi connectivity index (χ4n) is 3.36. The number of halogens is 3. The standard InChI is InChI=1S/C18H20F3N3O4S/c1-11-17(12(2)28-22-11)29(26,27)23-15(10-24-8-4-7-16(24)25)13-5-3-6-14(9-13)18(19,20)21/h3,5-6,9,15,23H,4,7-8,10H2,1-2H3. The molecule has 1 atom stereocenters. The minimum absolute atomic E-state index is 0.0649. The van der Waals surface area contributed by atoms with Gasteiger partial charge in [0.25, 0.3) is 0 Å². The zero-order valence-corrected chi connectivity index (χ0v) is 16.6. The Bertz CT molecular complexity index is 998. The minimum Gasteiger partial charge on any atom is -0.360 e. The maximum atomic E-state index is 13.1. The molecule has 1 aliphatic rings. The van der Waals surface area contributed by atoms with Gasteiger partial charge in [-0.15, -0.1) is 0 Å². The van der Waals surface area contributed by atoms with Gasteiger partial charge in [0.2, 0.25) is 15.9 Å². The van der Waals surface area contributed by atoms with Gasteiger partial charge in [0.15, 0.2) is 5.76 Å². The number of alkyl halides is 3. The maximum Gasteiger partial charge on any atom is 0.416 e. The monoisotopic (exact) mass is 431 g/mol. The summed E-state index contributed by atoms with van der Waals surface area (Å²) in [5.41, 5.74) is -0.658. The lowest BCUT2D eigenvalue weighted by Gasteiger charge is -2.25. The number of aryl methyl sites for hydroxylation is 2. The predicted octanol–water partition coefficient (Wildman–Crippen LogP) is 2.95. The van der Waals surface area contributed by atoms with Crippen molar-refractivity contribution in [3.05, 3.63) is 46.8 Å². The highest BCUT2D eigenvalue weighted by Gasteiger charge is 2.34. The first-order valence-corrected chi connectivity index (χ1v) is 10.4. The molecule has 1 N–H and O–H groups in total. The third-order valence-corrected chi connectivity index (χ3v) is 6.44. The molecule has 1 amide bonds. The summed E-state index contributed by atoms with van der Waals surface area (Å²) >= 11 is 0. The van der Waals surface area contributed by atoms with Crippen molar-refractivity contribution in [1.82, 2.24) is 14.8 Å². The van der Waals surface area contributed by atoms with Gasteiger partial charge < -0.3 is 9.42 Å². The van der Waals surface area contributed by atoms with Crippen LogP contribution in [0.3, 0.4) is 0 Å². The van der Waals surface area contributed by atoms with E-state index in [0.29, 0.717) is 19.4 Å². The minimum atomic E-state index is -4.58. The number of aromatic nitrogens is 1. The second kappa shape index (κ2) is 7.79. The average molecular weight is 431 g/mol. The van der Waals surface area contributed by atoms with E-state index in [2.05, 4.69) is 9.88 Å². The Balaban J connectivity index is 1.99. The van der Waals surface area contributed by atoms with E-state index in [1.165, 1.54) is 30.9 Å². The van der Waals surface area contributed by atoms with Crippen LogP contribution in [0.25, 0.3) is 0 Å². The molecule has 3 rings (SSSR count). The van der Waals surface area contributed by atoms with Crippen LogP contribution < -0.4 is 4.72 Å². The van der Waals surface area contributed by atoms with Crippen LogP contribution in [-0.4, -0.2) is 37.5 Å². The second-order valence-corrected chi connectivity index (χ2v) is 8.54. The van der Waals surface area contributed by atoms with Gasteiger partial charge in [-0.3, -0.25) is 4.79 Å². The SMILES string of the molecule is Cc1noc(C)c1S(=O)(=O)NC(CN1CCCC1=O)c1cccc(C(F)(F)F)c1. The fraction of sp³-hybridized carbons (Fsp3) is 0.444. The lowest BCUT2D eigenvalue weighted by atomic mass is 10.0. The molecule has 1 saturated heterocycles. The van der Waals surface area contributed by atoms with Gasteiger partial charge >= 0.3 is 6.18 Å². The zero-order chi connectivity index (χ0) is 21.4. The number of benzene rings is 1. The van der Waals surface area contributed by atoms with Gasteiger partial charge in [0.1, 0.15) is 10.6 Å². The van der Waals surface area contributed by atoms with Gasteiger partial charge in [-0.2, -0.15) is 13.2 Å². The normalized spacial score (nSPS) is 16.4. The molecule has 2 heterocycles. The van der Waals surface area contributed by atoms with Crippen LogP contribution >= 0.6 is 0 Å². The molecule has 1 aromatic heterocycles. The topological polar surface area (TPSA) is 92.5 Å². The summed E-state index contributed by atoms with van der Waals surface area (Å²) < 4.78 is 72.6. The second-order valence-electron chi connectivity index (χ2n) is 6.89. The molecule has 0 aliphatic carbocycles. The molecule has 2 aromatic rings. The lowest BCUT2D eigenvalue weighted by molar-refractivity contribution is -0.137. The van der Waals surface area contributed by atoms with E-state index < -0.39 is 27.8 Å². The number of sulfonamides is 1. The summed E-state index contributed by atoms with van der Waals surface area (Å²) in [4.78, 5) is 13.3. The first kappa shape index (κ1) is 21.3. The molecule has 1 aromatic carbocycles. The van der Waals surface area contributed by atoms with E-state index in [1.54, 1.807) is 0 Å². The van der Waals surface area contributed by atoms with Crippen molar-refractivity contribution >= 4 is 15.9 Å². The van der Waals surface area contributed by atoms with Crippen LogP contribution in [0.2, 0.25) is 0 Å². The summed E-state index contributed by atoms with van der Waals surface area (Å²) in [6.07, 6.45) is -3.64. The molecule has 0 bridgehead atoms. The fourth-order valence-corrected chi connectivity index (χ4v) is 4.91. The van der Waals surface area contributed by atoms with Gasteiger partial charge in [0.05, 0.1) is 11.6 Å². The maximum absolute atomic E-state index is 13.1. The molecule has 1 aliphatic heterocycles. The Kier molecular flexibility index (Phi) is 5.72. The van der Waals surface area contributed by atoms with Crippen molar-refractivity contribution in [3.63, 3.8) is 0 Å². The van der Waals surface area contributed by atoms with Crippen molar-refractivity contribution in [3.8, 4) is 0 Å². The van der Waals surface area contributed by atoms with E-state index in [-0.39, 0.29) is 34.4 Å². The van der Waals surface area contributed by atoms with E-state index in [4.69, 9.17) is 4.52 Å². The number of carbonyl (C=O) groups is 1. The Morgan fingerprint density at radius 1 is 1.31 bits per heavy atom. The van der Waals surface area contributed by atoms with Crippen molar-refractivity contribution < 1.29 is 30.9 Å². The van der Waals surface area contributed by atoms with E-state index in [9.17, 15) is 26.4 Å². The van der Waals surface area contributed by atoms with Crippen LogP contribution in [0.4, 0.5) is 13.2 Å². The van der Waals surface area contributed by atoms with Crippen molar-refractivity contribution in [2.24, 2.45) is 0 Å². The van der Waals surface area contributed by atoms with Crippen LogP contribution in [0.15, 0.2) is 33.7 Å². The molecule has 0 saturated carbocycles. The summed E-state index contributed by atoms with van der Waals surface area (Å²) in [7, 11) is -4.16. The van der Waals surface area contributed by atoms with Crippen LogP contribution in [0, 0.1) is 13.8 Å². The molecule has 1 fully saturated rings. The Labute approximate surface area is 165 Å². The van der Waals surface area contributed by atoms with E-state index in [1.807, 2.05) is 0 Å². The van der Waals surface area contributed by atoms with E-state index >= 15 is 0 Å². The molecule has 11 heteroatoms. The Hall–Kier alpha value is -2.40. The van der Waals surface area contributed by atoms with Crippen molar-refractivity contribution in [2.45, 2.75) is 43.8 Å². The lowest BCUT2D eigenvalue weighted by Crippen LogP contribution is -2.39. The van der Waals surface area contributed by atoms with Crippen molar-refractivity contribution in [1.29, 1.82) is 0 Å².